The Labute approximate surface area is 228 Å². The first kappa shape index (κ1) is 28.0. The van der Waals surface area contributed by atoms with Crippen LogP contribution in [-0.2, 0) is 26.0 Å². The van der Waals surface area contributed by atoms with Crippen molar-refractivity contribution < 1.29 is 35.9 Å². The molecule has 40 heavy (non-hydrogen) atoms. The molecule has 2 aliphatic heterocycles. The molecule has 3 aromatic rings. The predicted molar refractivity (Wildman–Crippen MR) is 138 cm³/mol. The smallest absolute Gasteiger partial charge is 0.490 e. The lowest BCUT2D eigenvalue weighted by molar-refractivity contribution is -0.213. The van der Waals surface area contributed by atoms with Gasteiger partial charge in [0.25, 0.3) is 0 Å². The molecule has 16 heteroatoms. The molecule has 0 saturated carbocycles. The van der Waals surface area contributed by atoms with Gasteiger partial charge in [-0.1, -0.05) is 0 Å². The second kappa shape index (κ2) is 10.5. The molecule has 1 fully saturated rings. The lowest BCUT2D eigenvalue weighted by atomic mass is 9.97. The number of benzene rings is 1. The van der Waals surface area contributed by atoms with Crippen molar-refractivity contribution in [3.05, 3.63) is 35.7 Å². The van der Waals surface area contributed by atoms with Gasteiger partial charge in [-0.3, -0.25) is 4.90 Å². The van der Waals surface area contributed by atoms with Crippen molar-refractivity contribution in [2.75, 3.05) is 45.4 Å². The molecule has 4 heterocycles. The Bertz CT molecular complexity index is 1540. The number of hydrogen-bond acceptors (Lipinski definition) is 10. The van der Waals surface area contributed by atoms with Crippen LogP contribution in [0.4, 0.5) is 24.8 Å². The molecule has 1 saturated heterocycles. The average Bonchev–Trinajstić information content (AvgIpc) is 3.32. The maximum atomic E-state index is 13.0. The topological polar surface area (TPSA) is 132 Å². The first-order valence-electron chi connectivity index (χ1n) is 12.5. The molecule has 1 unspecified atom stereocenters. The normalized spacial score (nSPS) is 19.4. The van der Waals surface area contributed by atoms with E-state index in [0.717, 1.165) is 0 Å². The Balaban J connectivity index is 1.43. The van der Waals surface area contributed by atoms with Crippen LogP contribution in [-0.4, -0.2) is 89.6 Å². The van der Waals surface area contributed by atoms with E-state index in [1.54, 1.807) is 36.3 Å². The summed E-state index contributed by atoms with van der Waals surface area (Å²) in [6.45, 7) is 1.13. The van der Waals surface area contributed by atoms with Gasteiger partial charge in [-0.15, -0.1) is 0 Å². The van der Waals surface area contributed by atoms with E-state index in [1.807, 2.05) is 0 Å². The summed E-state index contributed by atoms with van der Waals surface area (Å²) < 4.78 is 76.2. The minimum atomic E-state index is -5.13. The van der Waals surface area contributed by atoms with E-state index in [2.05, 4.69) is 20.4 Å². The number of nitrogens with one attached hydrogen (secondary N) is 1. The Morgan fingerprint density at radius 3 is 2.52 bits per heavy atom. The Morgan fingerprint density at radius 2 is 1.88 bits per heavy atom. The molecule has 0 aliphatic carbocycles. The number of carbonyl (C=O) groups is 1. The molecular formula is C24H28F3N7O5S. The summed E-state index contributed by atoms with van der Waals surface area (Å²) in [6, 6.07) is 3.21. The monoisotopic (exact) mass is 583 g/mol. The van der Waals surface area contributed by atoms with Gasteiger partial charge in [0.2, 0.25) is 16.0 Å². The maximum Gasteiger partial charge on any atom is 0.490 e. The van der Waals surface area contributed by atoms with Gasteiger partial charge in [0.15, 0.2) is 11.9 Å². The van der Waals surface area contributed by atoms with Crippen LogP contribution in [0, 0.1) is 0 Å². The highest BCUT2D eigenvalue weighted by Crippen LogP contribution is 2.39. The molecule has 0 bridgehead atoms. The van der Waals surface area contributed by atoms with Gasteiger partial charge in [-0.05, 0) is 44.0 Å². The van der Waals surface area contributed by atoms with Gasteiger partial charge >= 0.3 is 12.1 Å². The molecule has 5 rings (SSSR count). The Kier molecular flexibility index (Phi) is 7.35. The van der Waals surface area contributed by atoms with Crippen molar-refractivity contribution in [2.24, 2.45) is 0 Å². The third kappa shape index (κ3) is 5.55. The van der Waals surface area contributed by atoms with Gasteiger partial charge < -0.3 is 14.8 Å². The molecule has 1 aromatic carbocycles. The molecule has 216 valence electrons. The number of piperidine rings is 1. The number of methoxy groups -OCH3 is 1. The van der Waals surface area contributed by atoms with Crippen molar-refractivity contribution in [2.45, 2.75) is 37.7 Å². The van der Waals surface area contributed by atoms with Crippen molar-refractivity contribution in [3.63, 3.8) is 0 Å². The van der Waals surface area contributed by atoms with E-state index in [1.165, 1.54) is 22.6 Å². The SMILES string of the molecule is COc1cc2c(cc1Nc1ncc3cnn(C4CCN(S(C)(=O)=O)CC4)c3n1)C(OC(=O)C(F)(F)F)N(C)CC2. The molecule has 0 spiro atoms. The number of anilines is 2. The van der Waals surface area contributed by atoms with Gasteiger partial charge in [0.05, 0.1) is 36.7 Å². The van der Waals surface area contributed by atoms with Crippen LogP contribution in [0.15, 0.2) is 24.5 Å². The number of likely N-dealkylation sites (N-methyl/N-ethyl adjacent to an activating group) is 1. The zero-order valence-corrected chi connectivity index (χ0v) is 22.8. The van der Waals surface area contributed by atoms with E-state index in [4.69, 9.17) is 9.47 Å². The zero-order valence-electron chi connectivity index (χ0n) is 22.0. The second-order valence-electron chi connectivity index (χ2n) is 9.82. The Morgan fingerprint density at radius 1 is 1.15 bits per heavy atom. The largest absolute Gasteiger partial charge is 0.495 e. The van der Waals surface area contributed by atoms with E-state index < -0.39 is 28.4 Å². The lowest BCUT2D eigenvalue weighted by Gasteiger charge is -2.34. The Hall–Kier alpha value is -3.50. The van der Waals surface area contributed by atoms with E-state index >= 15 is 0 Å². The van der Waals surface area contributed by atoms with Crippen molar-refractivity contribution >= 4 is 38.7 Å². The number of rotatable bonds is 6. The number of alkyl halides is 3. The number of carbonyl (C=O) groups excluding carboxylic acids is 1. The number of hydrogen-bond donors (Lipinski definition) is 1. The minimum Gasteiger partial charge on any atom is -0.495 e. The number of nitrogens with zero attached hydrogens (tertiary/aromatic N) is 6. The first-order chi connectivity index (χ1) is 18.8. The number of sulfonamides is 1. The highest BCUT2D eigenvalue weighted by Gasteiger charge is 2.44. The quantitative estimate of drug-likeness (QED) is 0.432. The fourth-order valence-corrected chi connectivity index (χ4v) is 5.90. The minimum absolute atomic E-state index is 0.0591. The highest BCUT2D eigenvalue weighted by atomic mass is 32.2. The number of ether oxygens (including phenoxy) is 2. The summed E-state index contributed by atoms with van der Waals surface area (Å²) in [4.78, 5) is 22.1. The first-order valence-corrected chi connectivity index (χ1v) is 14.3. The van der Waals surface area contributed by atoms with Gasteiger partial charge in [0, 0.05) is 31.4 Å². The molecule has 1 N–H and O–H groups in total. The van der Waals surface area contributed by atoms with Crippen LogP contribution in [0.3, 0.4) is 0 Å². The molecule has 0 amide bonds. The average molecular weight is 584 g/mol. The number of esters is 1. The van der Waals surface area contributed by atoms with Crippen LogP contribution in [0.25, 0.3) is 11.0 Å². The standard InChI is InChI=1S/C24H28F3N7O5S/c1-32-7-4-14-10-19(38-2)18(11-17(14)21(32)39-22(35)24(25,26)27)30-23-28-12-15-13-29-34(20(15)31-23)16-5-8-33(9-6-16)40(3,36)37/h10-13,16,21H,4-9H2,1-3H3,(H,28,30,31). The molecule has 2 aliphatic rings. The molecule has 2 aromatic heterocycles. The van der Waals surface area contributed by atoms with Crippen LogP contribution in [0.5, 0.6) is 5.75 Å². The molecule has 0 radical (unpaired) electrons. The molecule has 12 nitrogen and oxygen atoms in total. The summed E-state index contributed by atoms with van der Waals surface area (Å²) in [7, 11) is -0.227. The van der Waals surface area contributed by atoms with Crippen molar-refractivity contribution in [1.29, 1.82) is 0 Å². The maximum absolute atomic E-state index is 13.0. The van der Waals surface area contributed by atoms with Crippen LogP contribution in [0.2, 0.25) is 0 Å². The fourth-order valence-electron chi connectivity index (χ4n) is 5.03. The van der Waals surface area contributed by atoms with Crippen molar-refractivity contribution in [3.8, 4) is 5.75 Å². The zero-order chi connectivity index (χ0) is 28.8. The van der Waals surface area contributed by atoms with Gasteiger partial charge in [-0.2, -0.15) is 23.3 Å². The van der Waals surface area contributed by atoms with E-state index in [0.29, 0.717) is 72.5 Å². The van der Waals surface area contributed by atoms with Gasteiger partial charge in [0.1, 0.15) is 5.75 Å². The fraction of sp³-hybridized carbons (Fsp3) is 0.500. The number of aromatic nitrogens is 4. The third-order valence-corrected chi connectivity index (χ3v) is 8.43. The predicted octanol–water partition coefficient (Wildman–Crippen LogP) is 2.77. The van der Waals surface area contributed by atoms with Crippen LogP contribution in [0.1, 0.15) is 36.2 Å². The lowest BCUT2D eigenvalue weighted by Crippen LogP contribution is -2.38. The number of halogens is 3. The molecular weight excluding hydrogens is 555 g/mol. The second-order valence-corrected chi connectivity index (χ2v) is 11.8. The summed E-state index contributed by atoms with van der Waals surface area (Å²) in [5.41, 5.74) is 1.99. The molecule has 1 atom stereocenters. The third-order valence-electron chi connectivity index (χ3n) is 7.13. The summed E-state index contributed by atoms with van der Waals surface area (Å²) in [5.74, 6) is -1.67. The van der Waals surface area contributed by atoms with Crippen molar-refractivity contribution in [1.82, 2.24) is 29.0 Å². The van der Waals surface area contributed by atoms with Crippen LogP contribution >= 0.6 is 0 Å². The van der Waals surface area contributed by atoms with E-state index in [-0.39, 0.29) is 12.0 Å². The summed E-state index contributed by atoms with van der Waals surface area (Å²) >= 11 is 0. The highest BCUT2D eigenvalue weighted by molar-refractivity contribution is 7.88. The summed E-state index contributed by atoms with van der Waals surface area (Å²) in [5, 5.41) is 8.22. The van der Waals surface area contributed by atoms with Gasteiger partial charge in [-0.25, -0.2) is 27.2 Å². The van der Waals surface area contributed by atoms with E-state index in [9.17, 15) is 26.4 Å². The van der Waals surface area contributed by atoms with Crippen LogP contribution < -0.4 is 10.1 Å². The number of fused-ring (bicyclic) bond motifs is 2. The summed E-state index contributed by atoms with van der Waals surface area (Å²) in [6.07, 6.45) is -0.295.